The maximum absolute atomic E-state index is 11.2. The van der Waals surface area contributed by atoms with Gasteiger partial charge in [-0.15, -0.1) is 0 Å². The number of hydrogen-bond acceptors (Lipinski definition) is 2. The van der Waals surface area contributed by atoms with Gasteiger partial charge in [0.05, 0.1) is 0 Å². The average molecular weight is 172 g/mol. The Labute approximate surface area is 74.9 Å². The Morgan fingerprint density at radius 1 is 1.25 bits per heavy atom. The first-order chi connectivity index (χ1) is 5.45. The predicted octanol–water partition coefficient (Wildman–Crippen LogP) is 0.758. The van der Waals surface area contributed by atoms with Gasteiger partial charge in [0.2, 0.25) is 5.91 Å². The molecule has 0 aliphatic rings. The van der Waals surface area contributed by atoms with E-state index in [0.717, 1.165) is 6.54 Å². The first kappa shape index (κ1) is 11.4. The molecule has 0 radical (unpaired) electrons. The van der Waals surface area contributed by atoms with E-state index in [1.807, 2.05) is 7.05 Å². The van der Waals surface area contributed by atoms with Crippen LogP contribution in [-0.2, 0) is 4.79 Å². The van der Waals surface area contributed by atoms with E-state index in [0.29, 0.717) is 13.0 Å². The molecule has 0 spiro atoms. The molecule has 3 nitrogen and oxygen atoms in total. The molecule has 12 heavy (non-hydrogen) atoms. The van der Waals surface area contributed by atoms with E-state index in [4.69, 9.17) is 0 Å². The third kappa shape index (κ3) is 7.54. The highest BCUT2D eigenvalue weighted by Crippen LogP contribution is 2.17. The molecular formula is C9H20N2O. The molecule has 0 saturated heterocycles. The average Bonchev–Trinajstić information content (AvgIpc) is 1.84. The van der Waals surface area contributed by atoms with Crippen LogP contribution in [0.5, 0.6) is 0 Å². The zero-order valence-corrected chi connectivity index (χ0v) is 8.53. The Bertz CT molecular complexity index is 138. The number of hydrogen-bond donors (Lipinski definition) is 2. The second-order valence-corrected chi connectivity index (χ2v) is 4.19. The first-order valence-electron chi connectivity index (χ1n) is 4.37. The first-order valence-corrected chi connectivity index (χ1v) is 4.37. The van der Waals surface area contributed by atoms with Crippen molar-refractivity contribution in [1.29, 1.82) is 0 Å². The topological polar surface area (TPSA) is 41.1 Å². The van der Waals surface area contributed by atoms with Crippen LogP contribution in [0.3, 0.4) is 0 Å². The van der Waals surface area contributed by atoms with Crippen LogP contribution in [0.1, 0.15) is 27.2 Å². The molecule has 2 N–H and O–H groups in total. The molecule has 0 aromatic rings. The van der Waals surface area contributed by atoms with Crippen LogP contribution in [0.15, 0.2) is 0 Å². The number of amides is 1. The molecule has 0 bridgehead atoms. The van der Waals surface area contributed by atoms with Crippen LogP contribution in [0, 0.1) is 5.41 Å². The lowest BCUT2D eigenvalue weighted by molar-refractivity contribution is -0.122. The van der Waals surface area contributed by atoms with Crippen molar-refractivity contribution < 1.29 is 4.79 Å². The van der Waals surface area contributed by atoms with Crippen molar-refractivity contribution in [3.05, 3.63) is 0 Å². The lowest BCUT2D eigenvalue weighted by atomic mass is 9.92. The highest BCUT2D eigenvalue weighted by molar-refractivity contribution is 5.76. The number of likely N-dealkylation sites (N-methyl/N-ethyl adjacent to an activating group) is 1. The second kappa shape index (κ2) is 5.14. The molecule has 1 amide bonds. The molecule has 0 heterocycles. The standard InChI is InChI=1S/C9H20N2O/c1-9(2,3)7-8(12)11-6-5-10-4/h10H,5-7H2,1-4H3,(H,11,12). The van der Waals surface area contributed by atoms with Gasteiger partial charge in [0.15, 0.2) is 0 Å². The normalized spacial score (nSPS) is 11.3. The minimum Gasteiger partial charge on any atom is -0.355 e. The Morgan fingerprint density at radius 2 is 1.83 bits per heavy atom. The van der Waals surface area contributed by atoms with Gasteiger partial charge >= 0.3 is 0 Å². The van der Waals surface area contributed by atoms with E-state index in [1.165, 1.54) is 0 Å². The summed E-state index contributed by atoms with van der Waals surface area (Å²) in [5.41, 5.74) is 0.0870. The van der Waals surface area contributed by atoms with E-state index < -0.39 is 0 Å². The van der Waals surface area contributed by atoms with Crippen molar-refractivity contribution in [2.45, 2.75) is 27.2 Å². The fraction of sp³-hybridized carbons (Fsp3) is 0.889. The van der Waals surface area contributed by atoms with Crippen LogP contribution in [0.4, 0.5) is 0 Å². The van der Waals surface area contributed by atoms with Crippen LogP contribution >= 0.6 is 0 Å². The lowest BCUT2D eigenvalue weighted by Crippen LogP contribution is -2.32. The molecule has 0 aliphatic heterocycles. The summed E-state index contributed by atoms with van der Waals surface area (Å²) in [6, 6.07) is 0. The Hall–Kier alpha value is -0.570. The molecule has 0 fully saturated rings. The van der Waals surface area contributed by atoms with Crippen molar-refractivity contribution >= 4 is 5.91 Å². The smallest absolute Gasteiger partial charge is 0.220 e. The fourth-order valence-corrected chi connectivity index (χ4v) is 0.871. The van der Waals surface area contributed by atoms with Gasteiger partial charge in [-0.25, -0.2) is 0 Å². The van der Waals surface area contributed by atoms with Gasteiger partial charge in [-0.05, 0) is 12.5 Å². The van der Waals surface area contributed by atoms with Gasteiger partial charge in [-0.1, -0.05) is 20.8 Å². The maximum Gasteiger partial charge on any atom is 0.220 e. The van der Waals surface area contributed by atoms with Crippen molar-refractivity contribution in [2.24, 2.45) is 5.41 Å². The van der Waals surface area contributed by atoms with Gasteiger partial charge in [0.25, 0.3) is 0 Å². The van der Waals surface area contributed by atoms with Crippen LogP contribution in [-0.4, -0.2) is 26.0 Å². The Balaban J connectivity index is 3.47. The van der Waals surface area contributed by atoms with E-state index in [9.17, 15) is 4.79 Å². The van der Waals surface area contributed by atoms with Crippen molar-refractivity contribution in [3.8, 4) is 0 Å². The molecule has 0 aromatic heterocycles. The minimum absolute atomic E-state index is 0.0870. The van der Waals surface area contributed by atoms with Gasteiger partial charge in [0, 0.05) is 19.5 Å². The summed E-state index contributed by atoms with van der Waals surface area (Å²) in [7, 11) is 1.87. The SMILES string of the molecule is CNCCNC(=O)CC(C)(C)C. The van der Waals surface area contributed by atoms with Crippen LogP contribution < -0.4 is 10.6 Å². The van der Waals surface area contributed by atoms with Crippen LogP contribution in [0.25, 0.3) is 0 Å². The van der Waals surface area contributed by atoms with E-state index in [1.54, 1.807) is 0 Å². The monoisotopic (exact) mass is 172 g/mol. The summed E-state index contributed by atoms with van der Waals surface area (Å²) in [5, 5.41) is 5.81. The summed E-state index contributed by atoms with van der Waals surface area (Å²) in [6.45, 7) is 7.72. The highest BCUT2D eigenvalue weighted by Gasteiger charge is 2.14. The summed E-state index contributed by atoms with van der Waals surface area (Å²) in [6.07, 6.45) is 0.594. The van der Waals surface area contributed by atoms with E-state index in [2.05, 4.69) is 31.4 Å². The molecule has 0 saturated carbocycles. The molecular weight excluding hydrogens is 152 g/mol. The predicted molar refractivity (Wildman–Crippen MR) is 51.0 cm³/mol. The minimum atomic E-state index is 0.0870. The third-order valence-electron chi connectivity index (χ3n) is 1.39. The molecule has 0 rings (SSSR count). The molecule has 3 heteroatoms. The summed E-state index contributed by atoms with van der Waals surface area (Å²) < 4.78 is 0. The number of carbonyl (C=O) groups is 1. The zero-order valence-electron chi connectivity index (χ0n) is 8.53. The molecule has 0 aliphatic carbocycles. The molecule has 72 valence electrons. The Kier molecular flexibility index (Phi) is 4.90. The molecule has 0 aromatic carbocycles. The van der Waals surface area contributed by atoms with Crippen molar-refractivity contribution in [1.82, 2.24) is 10.6 Å². The number of nitrogens with one attached hydrogen (secondary N) is 2. The van der Waals surface area contributed by atoms with E-state index in [-0.39, 0.29) is 11.3 Å². The van der Waals surface area contributed by atoms with Crippen molar-refractivity contribution in [3.63, 3.8) is 0 Å². The van der Waals surface area contributed by atoms with Gasteiger partial charge in [0.1, 0.15) is 0 Å². The van der Waals surface area contributed by atoms with Gasteiger partial charge in [-0.2, -0.15) is 0 Å². The highest BCUT2D eigenvalue weighted by atomic mass is 16.1. The quantitative estimate of drug-likeness (QED) is 0.615. The van der Waals surface area contributed by atoms with Crippen LogP contribution in [0.2, 0.25) is 0 Å². The van der Waals surface area contributed by atoms with Gasteiger partial charge in [-0.3, -0.25) is 4.79 Å². The fourth-order valence-electron chi connectivity index (χ4n) is 0.871. The van der Waals surface area contributed by atoms with Gasteiger partial charge < -0.3 is 10.6 Å². The number of rotatable bonds is 4. The molecule has 0 atom stereocenters. The van der Waals surface area contributed by atoms with Crippen molar-refractivity contribution in [2.75, 3.05) is 20.1 Å². The third-order valence-corrected chi connectivity index (χ3v) is 1.39. The summed E-state index contributed by atoms with van der Waals surface area (Å²) in [4.78, 5) is 11.2. The molecule has 0 unspecified atom stereocenters. The largest absolute Gasteiger partial charge is 0.355 e. The Morgan fingerprint density at radius 3 is 2.25 bits per heavy atom. The maximum atomic E-state index is 11.2. The summed E-state index contributed by atoms with van der Waals surface area (Å²) >= 11 is 0. The second-order valence-electron chi connectivity index (χ2n) is 4.19. The summed E-state index contributed by atoms with van der Waals surface area (Å²) in [5.74, 6) is 0.137. The van der Waals surface area contributed by atoms with E-state index >= 15 is 0 Å². The lowest BCUT2D eigenvalue weighted by Gasteiger charge is -2.17. The zero-order chi connectivity index (χ0) is 9.61. The number of carbonyl (C=O) groups excluding carboxylic acids is 1.